The number of halogens is 1. The van der Waals surface area contributed by atoms with Crippen LogP contribution in [0.25, 0.3) is 0 Å². The van der Waals surface area contributed by atoms with Crippen molar-refractivity contribution in [3.05, 3.63) is 34.9 Å². The summed E-state index contributed by atoms with van der Waals surface area (Å²) in [5, 5.41) is 11.8. The van der Waals surface area contributed by atoms with Gasteiger partial charge in [0.2, 0.25) is 0 Å². The van der Waals surface area contributed by atoms with Crippen molar-refractivity contribution in [2.75, 3.05) is 0 Å². The number of hydrogen-bond donors (Lipinski definition) is 2. The Hall–Kier alpha value is -1.88. The average Bonchev–Trinajstić information content (AvgIpc) is 2.34. The molecular weight excluding hydrogens is 270 g/mol. The van der Waals surface area contributed by atoms with Crippen LogP contribution in [-0.2, 0) is 9.59 Å². The molecule has 0 aliphatic carbocycles. The van der Waals surface area contributed by atoms with Crippen molar-refractivity contribution >= 4 is 29.3 Å². The van der Waals surface area contributed by atoms with Gasteiger partial charge in [-0.15, -0.1) is 0 Å². The van der Waals surface area contributed by atoms with Crippen molar-refractivity contribution in [1.82, 2.24) is 5.32 Å². The maximum absolute atomic E-state index is 11.8. The Labute approximate surface area is 115 Å². The zero-order valence-corrected chi connectivity index (χ0v) is 11.1. The van der Waals surface area contributed by atoms with E-state index in [4.69, 9.17) is 16.7 Å². The van der Waals surface area contributed by atoms with Gasteiger partial charge in [-0.2, -0.15) is 0 Å². The van der Waals surface area contributed by atoms with Crippen molar-refractivity contribution < 1.29 is 19.5 Å². The van der Waals surface area contributed by atoms with E-state index in [0.29, 0.717) is 10.6 Å². The van der Waals surface area contributed by atoms with Crippen LogP contribution < -0.4 is 5.32 Å². The van der Waals surface area contributed by atoms with Gasteiger partial charge in [0.25, 0.3) is 5.91 Å². The lowest BCUT2D eigenvalue weighted by Gasteiger charge is -2.13. The largest absolute Gasteiger partial charge is 0.480 e. The molecule has 0 radical (unpaired) electrons. The molecule has 0 saturated carbocycles. The molecule has 0 aliphatic rings. The van der Waals surface area contributed by atoms with Crippen LogP contribution in [0.15, 0.2) is 24.3 Å². The summed E-state index contributed by atoms with van der Waals surface area (Å²) in [6, 6.07) is 5.01. The van der Waals surface area contributed by atoms with Gasteiger partial charge in [0.1, 0.15) is 11.8 Å². The number of aliphatic carboxylic acids is 1. The molecule has 0 saturated heterocycles. The lowest BCUT2D eigenvalue weighted by molar-refractivity contribution is -0.139. The van der Waals surface area contributed by atoms with E-state index in [0.717, 1.165) is 0 Å². The number of rotatable bonds is 6. The maximum atomic E-state index is 11.8. The summed E-state index contributed by atoms with van der Waals surface area (Å²) in [5.74, 6) is -1.79. The summed E-state index contributed by atoms with van der Waals surface area (Å²) >= 11 is 5.69. The van der Waals surface area contributed by atoms with E-state index in [1.165, 1.54) is 19.1 Å². The van der Waals surface area contributed by atoms with E-state index in [1.54, 1.807) is 12.1 Å². The van der Waals surface area contributed by atoms with Gasteiger partial charge in [0, 0.05) is 17.0 Å². The average molecular weight is 284 g/mol. The predicted octanol–water partition coefficient (Wildman–Crippen LogP) is 1.89. The minimum atomic E-state index is -1.16. The summed E-state index contributed by atoms with van der Waals surface area (Å²) in [6.07, 6.45) is 0.182. The normalized spacial score (nSPS) is 11.7. The highest BCUT2D eigenvalue weighted by molar-refractivity contribution is 6.30. The Morgan fingerprint density at radius 1 is 1.26 bits per heavy atom. The van der Waals surface area contributed by atoms with Gasteiger partial charge in [0.15, 0.2) is 0 Å². The Balaban J connectivity index is 2.68. The molecule has 1 atom stereocenters. The van der Waals surface area contributed by atoms with Gasteiger partial charge in [0.05, 0.1) is 0 Å². The zero-order chi connectivity index (χ0) is 14.4. The Morgan fingerprint density at radius 2 is 1.84 bits per heavy atom. The fraction of sp³-hybridized carbons (Fsp3) is 0.308. The van der Waals surface area contributed by atoms with E-state index < -0.39 is 17.9 Å². The fourth-order valence-corrected chi connectivity index (χ4v) is 1.57. The third-order valence-electron chi connectivity index (χ3n) is 2.49. The second kappa shape index (κ2) is 6.89. The Kier molecular flexibility index (Phi) is 5.51. The summed E-state index contributed by atoms with van der Waals surface area (Å²) in [4.78, 5) is 33.6. The molecule has 19 heavy (non-hydrogen) atoms. The number of amides is 1. The molecule has 5 nitrogen and oxygen atoms in total. The molecule has 0 fully saturated rings. The number of carboxylic acid groups (broad SMARTS) is 1. The molecule has 0 spiro atoms. The van der Waals surface area contributed by atoms with Crippen molar-refractivity contribution in [2.45, 2.75) is 25.8 Å². The number of benzene rings is 1. The quantitative estimate of drug-likeness (QED) is 0.835. The number of carbonyl (C=O) groups excluding carboxylic acids is 2. The van der Waals surface area contributed by atoms with Crippen LogP contribution in [0.2, 0.25) is 5.02 Å². The Bertz CT molecular complexity index is 484. The van der Waals surface area contributed by atoms with Crippen molar-refractivity contribution in [1.29, 1.82) is 0 Å². The molecule has 102 valence electrons. The zero-order valence-electron chi connectivity index (χ0n) is 10.4. The monoisotopic (exact) mass is 283 g/mol. The van der Waals surface area contributed by atoms with Crippen LogP contribution in [0, 0.1) is 0 Å². The van der Waals surface area contributed by atoms with Gasteiger partial charge in [-0.3, -0.25) is 4.79 Å². The molecule has 0 bridgehead atoms. The molecule has 1 rings (SSSR count). The highest BCUT2D eigenvalue weighted by atomic mass is 35.5. The van der Waals surface area contributed by atoms with E-state index in [1.807, 2.05) is 0 Å². The molecule has 6 heteroatoms. The van der Waals surface area contributed by atoms with Crippen LogP contribution in [0.3, 0.4) is 0 Å². The minimum absolute atomic E-state index is 0.0734. The summed E-state index contributed by atoms with van der Waals surface area (Å²) < 4.78 is 0. The number of carboxylic acids is 1. The molecule has 1 aromatic rings. The third-order valence-corrected chi connectivity index (χ3v) is 2.75. The second-order valence-corrected chi connectivity index (χ2v) is 4.55. The van der Waals surface area contributed by atoms with E-state index in [-0.39, 0.29) is 18.6 Å². The standard InChI is InChI=1S/C13H14ClNO4/c1-8(16)2-7-11(13(18)19)15-12(17)9-3-5-10(14)6-4-9/h3-6,11H,2,7H2,1H3,(H,15,17)(H,18,19)/t11-/m0/s1. The first-order valence-electron chi connectivity index (χ1n) is 5.69. The van der Waals surface area contributed by atoms with Crippen LogP contribution in [0.5, 0.6) is 0 Å². The third kappa shape index (κ3) is 5.09. The van der Waals surface area contributed by atoms with E-state index in [9.17, 15) is 14.4 Å². The van der Waals surface area contributed by atoms with Gasteiger partial charge in [-0.25, -0.2) is 4.79 Å². The number of hydrogen-bond acceptors (Lipinski definition) is 3. The molecule has 0 unspecified atom stereocenters. The first-order valence-corrected chi connectivity index (χ1v) is 6.06. The SMILES string of the molecule is CC(=O)CC[C@H](NC(=O)c1ccc(Cl)cc1)C(=O)O. The number of ketones is 1. The van der Waals surface area contributed by atoms with Gasteiger partial charge in [-0.05, 0) is 37.6 Å². The van der Waals surface area contributed by atoms with Crippen molar-refractivity contribution in [3.8, 4) is 0 Å². The highest BCUT2D eigenvalue weighted by Crippen LogP contribution is 2.10. The minimum Gasteiger partial charge on any atom is -0.480 e. The molecule has 1 amide bonds. The van der Waals surface area contributed by atoms with Crippen LogP contribution in [0.1, 0.15) is 30.1 Å². The summed E-state index contributed by atoms with van der Waals surface area (Å²) in [6.45, 7) is 1.37. The highest BCUT2D eigenvalue weighted by Gasteiger charge is 2.20. The molecule has 2 N–H and O–H groups in total. The van der Waals surface area contributed by atoms with Crippen molar-refractivity contribution in [2.24, 2.45) is 0 Å². The number of carbonyl (C=O) groups is 3. The smallest absolute Gasteiger partial charge is 0.326 e. The first-order chi connectivity index (χ1) is 8.90. The van der Waals surface area contributed by atoms with Gasteiger partial charge < -0.3 is 15.2 Å². The Morgan fingerprint density at radius 3 is 2.32 bits per heavy atom. The van der Waals surface area contributed by atoms with E-state index in [2.05, 4.69) is 5.32 Å². The summed E-state index contributed by atoms with van der Waals surface area (Å²) in [7, 11) is 0. The number of nitrogens with one attached hydrogen (secondary N) is 1. The van der Waals surface area contributed by atoms with Crippen molar-refractivity contribution in [3.63, 3.8) is 0 Å². The van der Waals surface area contributed by atoms with Gasteiger partial charge in [-0.1, -0.05) is 11.6 Å². The summed E-state index contributed by atoms with van der Waals surface area (Å²) in [5.41, 5.74) is 0.318. The second-order valence-electron chi connectivity index (χ2n) is 4.11. The molecular formula is C13H14ClNO4. The molecule has 0 aromatic heterocycles. The maximum Gasteiger partial charge on any atom is 0.326 e. The predicted molar refractivity (Wildman–Crippen MR) is 70.3 cm³/mol. The fourth-order valence-electron chi connectivity index (χ4n) is 1.45. The first kappa shape index (κ1) is 15.2. The van der Waals surface area contributed by atoms with E-state index >= 15 is 0 Å². The lowest BCUT2D eigenvalue weighted by atomic mass is 10.1. The van der Waals surface area contributed by atoms with Gasteiger partial charge >= 0.3 is 5.97 Å². The lowest BCUT2D eigenvalue weighted by Crippen LogP contribution is -2.41. The molecule has 0 heterocycles. The van der Waals surface area contributed by atoms with Crippen LogP contribution >= 0.6 is 11.6 Å². The van der Waals surface area contributed by atoms with Crippen LogP contribution in [-0.4, -0.2) is 28.8 Å². The molecule has 0 aliphatic heterocycles. The molecule has 1 aromatic carbocycles. The topological polar surface area (TPSA) is 83.5 Å². The number of Topliss-reactive ketones (excluding diaryl/α,β-unsaturated/α-hetero) is 1. The van der Waals surface area contributed by atoms with Crippen LogP contribution in [0.4, 0.5) is 0 Å².